The number of carboxylic acid groups (broad SMARTS) is 3. The molecule has 0 heterocycles. The Kier molecular flexibility index (Phi) is 9.31. The van der Waals surface area contributed by atoms with E-state index in [4.69, 9.17) is 25.5 Å². The molecule has 0 radical (unpaired) electrons. The molecule has 0 rings (SSSR count). The molecule has 0 saturated heterocycles. The van der Waals surface area contributed by atoms with E-state index in [0.29, 0.717) is 0 Å². The Morgan fingerprint density at radius 2 is 1.30 bits per heavy atom. The molecule has 4 atom stereocenters. The summed E-state index contributed by atoms with van der Waals surface area (Å²) in [7, 11) is 0. The van der Waals surface area contributed by atoms with Gasteiger partial charge in [0.2, 0.25) is 6.10 Å². The molecule has 20 heavy (non-hydrogen) atoms. The van der Waals surface area contributed by atoms with Gasteiger partial charge in [0.25, 0.3) is 0 Å². The number of aliphatic hydroxyl groups excluding tert-OH is 3. The van der Waals surface area contributed by atoms with E-state index in [0.717, 1.165) is 0 Å². The fourth-order valence-electron chi connectivity index (χ4n) is 0.832. The minimum absolute atomic E-state index is 0. The van der Waals surface area contributed by atoms with Gasteiger partial charge in [0.05, 0.1) is 5.97 Å². The van der Waals surface area contributed by atoms with Gasteiger partial charge in [-0.3, -0.25) is 0 Å². The van der Waals surface area contributed by atoms with Crippen LogP contribution in [0.5, 0.6) is 0 Å². The fraction of sp³-hybridized carbons (Fsp3) is 0.500. The first-order valence-corrected chi connectivity index (χ1v) is 4.50. The van der Waals surface area contributed by atoms with Crippen LogP contribution < -0.4 is 34.7 Å². The summed E-state index contributed by atoms with van der Waals surface area (Å²) in [5.41, 5.74) is 0. The smallest absolute Gasteiger partial charge is 0.547 e. The zero-order valence-electron chi connectivity index (χ0n) is 9.99. The van der Waals surface area contributed by atoms with E-state index in [1.165, 1.54) is 0 Å². The van der Waals surface area contributed by atoms with Gasteiger partial charge < -0.3 is 40.2 Å². The van der Waals surface area contributed by atoms with Crippen molar-refractivity contribution in [1.82, 2.24) is 0 Å². The van der Waals surface area contributed by atoms with E-state index in [-0.39, 0.29) is 29.6 Å². The van der Waals surface area contributed by atoms with Crippen LogP contribution in [0, 0.1) is 0 Å². The largest absolute Gasteiger partial charge is 1.00 e. The topological polar surface area (TPSA) is 202 Å². The second kappa shape index (κ2) is 8.84. The van der Waals surface area contributed by atoms with Crippen molar-refractivity contribution in [2.45, 2.75) is 24.4 Å². The van der Waals surface area contributed by atoms with E-state index in [9.17, 15) is 24.3 Å². The predicted octanol–water partition coefficient (Wildman–Crippen LogP) is -8.10. The van der Waals surface area contributed by atoms with Gasteiger partial charge in [-0.05, 0) is 0 Å². The number of carboxylic acids is 3. The number of carbonyl (C=O) groups excluding carboxylic acids is 2. The number of ether oxygens (including phenoxy) is 1. The van der Waals surface area contributed by atoms with Gasteiger partial charge in [0, 0.05) is 0 Å². The van der Waals surface area contributed by atoms with Crippen LogP contribution >= 0.6 is 0 Å². The summed E-state index contributed by atoms with van der Waals surface area (Å²) in [6, 6.07) is 0. The number of carbonyl (C=O) groups is 4. The Labute approximate surface area is 132 Å². The van der Waals surface area contributed by atoms with Crippen LogP contribution in [0.4, 0.5) is 0 Å². The first-order chi connectivity index (χ1) is 8.59. The molecular formula is C8H9NaO11. The van der Waals surface area contributed by atoms with Gasteiger partial charge in [-0.25, -0.2) is 14.4 Å². The fourth-order valence-corrected chi connectivity index (χ4v) is 0.832. The van der Waals surface area contributed by atoms with Crippen LogP contribution in [0.25, 0.3) is 0 Å². The Morgan fingerprint density at radius 3 is 1.60 bits per heavy atom. The molecule has 0 aromatic heterocycles. The molecule has 0 aromatic rings. The molecule has 12 heteroatoms. The van der Waals surface area contributed by atoms with Crippen molar-refractivity contribution in [2.75, 3.05) is 0 Å². The molecule has 4 unspecified atom stereocenters. The van der Waals surface area contributed by atoms with E-state index in [1.807, 2.05) is 0 Å². The van der Waals surface area contributed by atoms with Crippen molar-refractivity contribution in [3.05, 3.63) is 0 Å². The SMILES string of the molecule is O=C([O-])C(O)C(O)C(=O)OC(C(=O)O)C(O)C(=O)O.[Na+]. The minimum atomic E-state index is -2.70. The molecule has 0 saturated carbocycles. The number of aliphatic hydroxyl groups is 3. The van der Waals surface area contributed by atoms with E-state index in [1.54, 1.807) is 0 Å². The second-order valence-corrected chi connectivity index (χ2v) is 3.19. The van der Waals surface area contributed by atoms with E-state index in [2.05, 4.69) is 4.74 Å². The molecule has 11 nitrogen and oxygen atoms in total. The molecule has 0 bridgehead atoms. The second-order valence-electron chi connectivity index (χ2n) is 3.19. The molecule has 0 aliphatic heterocycles. The zero-order chi connectivity index (χ0) is 15.3. The van der Waals surface area contributed by atoms with Crippen LogP contribution in [0.3, 0.4) is 0 Å². The number of aliphatic carboxylic acids is 3. The first kappa shape index (κ1) is 21.1. The van der Waals surface area contributed by atoms with Gasteiger partial charge >= 0.3 is 47.5 Å². The van der Waals surface area contributed by atoms with Gasteiger partial charge in [-0.15, -0.1) is 0 Å². The van der Waals surface area contributed by atoms with Gasteiger partial charge in [0.15, 0.2) is 12.2 Å². The summed E-state index contributed by atoms with van der Waals surface area (Å²) in [5.74, 6) is -8.28. The van der Waals surface area contributed by atoms with Crippen molar-refractivity contribution in [1.29, 1.82) is 0 Å². The zero-order valence-corrected chi connectivity index (χ0v) is 12.0. The minimum Gasteiger partial charge on any atom is -0.547 e. The number of hydrogen-bond acceptors (Lipinski definition) is 9. The monoisotopic (exact) mass is 304 g/mol. The van der Waals surface area contributed by atoms with Gasteiger partial charge in [-0.2, -0.15) is 0 Å². The maximum absolute atomic E-state index is 11.0. The van der Waals surface area contributed by atoms with E-state index >= 15 is 0 Å². The van der Waals surface area contributed by atoms with Crippen LogP contribution in [-0.4, -0.2) is 73.8 Å². The van der Waals surface area contributed by atoms with Gasteiger partial charge in [0.1, 0.15) is 6.10 Å². The van der Waals surface area contributed by atoms with Crippen molar-refractivity contribution in [3.8, 4) is 0 Å². The molecule has 5 N–H and O–H groups in total. The number of esters is 1. The molecule has 0 aliphatic rings. The summed E-state index contributed by atoms with van der Waals surface area (Å²) in [6.45, 7) is 0. The van der Waals surface area contributed by atoms with Crippen molar-refractivity contribution in [3.63, 3.8) is 0 Å². The third kappa shape index (κ3) is 5.81. The molecule has 0 aliphatic carbocycles. The summed E-state index contributed by atoms with van der Waals surface area (Å²) < 4.78 is 3.90. The molecule has 0 fully saturated rings. The van der Waals surface area contributed by atoms with Crippen molar-refractivity contribution >= 4 is 23.9 Å². The molecule has 0 spiro atoms. The predicted molar refractivity (Wildman–Crippen MR) is 48.2 cm³/mol. The van der Waals surface area contributed by atoms with Crippen LogP contribution in [0.1, 0.15) is 0 Å². The van der Waals surface area contributed by atoms with Crippen molar-refractivity contribution in [2.24, 2.45) is 0 Å². The van der Waals surface area contributed by atoms with Crippen LogP contribution in [0.2, 0.25) is 0 Å². The maximum Gasteiger partial charge on any atom is 1.00 e. The number of hydrogen-bond donors (Lipinski definition) is 5. The Balaban J connectivity index is 0. The molecular weight excluding hydrogens is 295 g/mol. The summed E-state index contributed by atoms with van der Waals surface area (Å²) >= 11 is 0. The summed E-state index contributed by atoms with van der Waals surface area (Å²) in [4.78, 5) is 42.0. The number of rotatable bonds is 7. The van der Waals surface area contributed by atoms with E-state index < -0.39 is 48.3 Å². The average Bonchev–Trinajstić information content (AvgIpc) is 2.31. The van der Waals surface area contributed by atoms with Crippen LogP contribution in [-0.2, 0) is 23.9 Å². The molecule has 108 valence electrons. The Hall–Kier alpha value is -1.24. The third-order valence-corrected chi connectivity index (χ3v) is 1.81. The summed E-state index contributed by atoms with van der Waals surface area (Å²) in [6.07, 6.45) is -10.6. The average molecular weight is 304 g/mol. The Bertz CT molecular complexity index is 394. The van der Waals surface area contributed by atoms with Crippen LogP contribution in [0.15, 0.2) is 0 Å². The maximum atomic E-state index is 11.0. The Morgan fingerprint density at radius 1 is 0.850 bits per heavy atom. The standard InChI is InChI=1S/C8H10O11.Na/c9-1(5(12)13)2(10)8(18)19-4(7(16)17)3(11)6(14)15;/h1-4,9-11H,(H,12,13)(H,14,15)(H,16,17);/q;+1/p-1. The first-order valence-electron chi connectivity index (χ1n) is 4.50. The third-order valence-electron chi connectivity index (χ3n) is 1.81. The quantitative estimate of drug-likeness (QED) is 0.221. The normalized spacial score (nSPS) is 15.9. The molecule has 0 aromatic carbocycles. The molecule has 0 amide bonds. The summed E-state index contributed by atoms with van der Waals surface area (Å²) in [5, 5.41) is 53.5. The van der Waals surface area contributed by atoms with Crippen molar-refractivity contribution < 1.29 is 84.1 Å². The van der Waals surface area contributed by atoms with Gasteiger partial charge in [-0.1, -0.05) is 0 Å².